The molecular formula is C17H19N5O2. The quantitative estimate of drug-likeness (QED) is 0.782. The van der Waals surface area contributed by atoms with Gasteiger partial charge in [0.1, 0.15) is 24.4 Å². The lowest BCUT2D eigenvalue weighted by Crippen LogP contribution is -2.29. The standard InChI is InChI=1S/C17H19N5O2/c1-11-3-4-14-13(5-11)17(19-10-18-14)22-8-15(23)16(9-22)24-12-6-20-21(2)7-12/h3-7,10,15-16,23H,8-9H2,1-2H3/t15-,16-/m1/s1. The Morgan fingerprint density at radius 1 is 1.25 bits per heavy atom. The molecule has 1 fully saturated rings. The number of aliphatic hydroxyl groups is 1. The number of rotatable bonds is 3. The summed E-state index contributed by atoms with van der Waals surface area (Å²) >= 11 is 0. The Bertz CT molecular complexity index is 878. The summed E-state index contributed by atoms with van der Waals surface area (Å²) < 4.78 is 7.55. The highest BCUT2D eigenvalue weighted by Crippen LogP contribution is 2.28. The largest absolute Gasteiger partial charge is 0.482 e. The number of benzene rings is 1. The SMILES string of the molecule is Cc1ccc2ncnc(N3C[C@@H](O)[C@H](Oc4cnn(C)c4)C3)c2c1. The van der Waals surface area contributed by atoms with Crippen LogP contribution in [-0.2, 0) is 7.05 Å². The predicted octanol–water partition coefficient (Wildman–Crippen LogP) is 1.30. The van der Waals surface area contributed by atoms with E-state index in [1.807, 2.05) is 26.1 Å². The van der Waals surface area contributed by atoms with Crippen LogP contribution in [0.3, 0.4) is 0 Å². The third-order valence-electron chi connectivity index (χ3n) is 4.27. The lowest BCUT2D eigenvalue weighted by molar-refractivity contribution is 0.0737. The minimum Gasteiger partial charge on any atom is -0.482 e. The summed E-state index contributed by atoms with van der Waals surface area (Å²) in [7, 11) is 1.83. The average Bonchev–Trinajstić information content (AvgIpc) is 3.13. The molecule has 24 heavy (non-hydrogen) atoms. The van der Waals surface area contributed by atoms with Crippen molar-refractivity contribution in [2.24, 2.45) is 7.05 Å². The Balaban J connectivity index is 1.61. The highest BCUT2D eigenvalue weighted by atomic mass is 16.5. The lowest BCUT2D eigenvalue weighted by atomic mass is 10.1. The van der Waals surface area contributed by atoms with E-state index in [1.54, 1.807) is 23.4 Å². The van der Waals surface area contributed by atoms with Gasteiger partial charge in [0, 0.05) is 19.0 Å². The van der Waals surface area contributed by atoms with Crippen LogP contribution in [0.15, 0.2) is 36.9 Å². The second-order valence-electron chi connectivity index (χ2n) is 6.20. The lowest BCUT2D eigenvalue weighted by Gasteiger charge is -2.18. The van der Waals surface area contributed by atoms with Crippen molar-refractivity contribution in [3.8, 4) is 5.75 Å². The van der Waals surface area contributed by atoms with E-state index in [-0.39, 0.29) is 6.10 Å². The fourth-order valence-corrected chi connectivity index (χ4v) is 3.09. The molecule has 7 heteroatoms. The Morgan fingerprint density at radius 3 is 2.92 bits per heavy atom. The summed E-state index contributed by atoms with van der Waals surface area (Å²) in [6.07, 6.45) is 4.11. The molecule has 7 nitrogen and oxygen atoms in total. The van der Waals surface area contributed by atoms with Gasteiger partial charge < -0.3 is 14.7 Å². The number of nitrogens with zero attached hydrogens (tertiary/aromatic N) is 5. The minimum atomic E-state index is -0.583. The molecule has 1 aliphatic rings. The molecule has 124 valence electrons. The van der Waals surface area contributed by atoms with Crippen molar-refractivity contribution in [3.63, 3.8) is 0 Å². The van der Waals surface area contributed by atoms with Crippen molar-refractivity contribution < 1.29 is 9.84 Å². The number of β-amino-alcohol motifs (C(OH)–C–C–N with tert-alkyl or cyclic N) is 1. The molecule has 0 saturated carbocycles. The summed E-state index contributed by atoms with van der Waals surface area (Å²) in [4.78, 5) is 10.8. The molecule has 1 aromatic carbocycles. The molecule has 4 rings (SSSR count). The third-order valence-corrected chi connectivity index (χ3v) is 4.27. The van der Waals surface area contributed by atoms with Crippen LogP contribution >= 0.6 is 0 Å². The van der Waals surface area contributed by atoms with Gasteiger partial charge in [-0.25, -0.2) is 9.97 Å². The monoisotopic (exact) mass is 325 g/mol. The molecule has 3 aromatic rings. The zero-order valence-electron chi connectivity index (χ0n) is 13.6. The van der Waals surface area contributed by atoms with Gasteiger partial charge in [-0.2, -0.15) is 5.10 Å². The van der Waals surface area contributed by atoms with Crippen molar-refractivity contribution in [2.45, 2.75) is 19.1 Å². The van der Waals surface area contributed by atoms with E-state index in [9.17, 15) is 5.11 Å². The van der Waals surface area contributed by atoms with E-state index in [1.165, 1.54) is 0 Å². The molecule has 0 amide bonds. The van der Waals surface area contributed by atoms with Crippen molar-refractivity contribution >= 4 is 16.7 Å². The fourth-order valence-electron chi connectivity index (χ4n) is 3.09. The molecule has 1 N–H and O–H groups in total. The van der Waals surface area contributed by atoms with Gasteiger partial charge in [0.2, 0.25) is 0 Å². The first-order valence-electron chi connectivity index (χ1n) is 7.90. The number of aliphatic hydroxyl groups excluding tert-OH is 1. The van der Waals surface area contributed by atoms with Crippen LogP contribution in [0.25, 0.3) is 10.9 Å². The van der Waals surface area contributed by atoms with E-state index in [4.69, 9.17) is 4.74 Å². The topological polar surface area (TPSA) is 76.3 Å². The van der Waals surface area contributed by atoms with Crippen LogP contribution < -0.4 is 9.64 Å². The van der Waals surface area contributed by atoms with Gasteiger partial charge in [-0.05, 0) is 19.1 Å². The second kappa shape index (κ2) is 5.76. The Morgan fingerprint density at radius 2 is 2.12 bits per heavy atom. The first kappa shape index (κ1) is 14.9. The Hall–Kier alpha value is -2.67. The molecule has 0 aliphatic carbocycles. The van der Waals surface area contributed by atoms with Crippen molar-refractivity contribution in [1.29, 1.82) is 0 Å². The summed E-state index contributed by atoms with van der Waals surface area (Å²) in [5.74, 6) is 1.49. The van der Waals surface area contributed by atoms with Gasteiger partial charge in [0.05, 0.1) is 24.5 Å². The molecule has 2 atom stereocenters. The number of fused-ring (bicyclic) bond motifs is 1. The van der Waals surface area contributed by atoms with Crippen LogP contribution in [0, 0.1) is 6.92 Å². The molecule has 0 unspecified atom stereocenters. The molecule has 0 spiro atoms. The predicted molar refractivity (Wildman–Crippen MR) is 90.1 cm³/mol. The summed E-state index contributed by atoms with van der Waals surface area (Å²) in [6, 6.07) is 6.10. The van der Waals surface area contributed by atoms with Crippen molar-refractivity contribution in [3.05, 3.63) is 42.5 Å². The van der Waals surface area contributed by atoms with E-state index < -0.39 is 6.10 Å². The minimum absolute atomic E-state index is 0.316. The highest BCUT2D eigenvalue weighted by molar-refractivity contribution is 5.90. The molecule has 1 saturated heterocycles. The van der Waals surface area contributed by atoms with Gasteiger partial charge in [-0.15, -0.1) is 0 Å². The molecule has 2 aromatic heterocycles. The Kier molecular flexibility index (Phi) is 3.57. The van der Waals surface area contributed by atoms with E-state index in [0.717, 1.165) is 22.3 Å². The molecule has 0 bridgehead atoms. The average molecular weight is 325 g/mol. The van der Waals surface area contributed by atoms with E-state index in [2.05, 4.69) is 26.0 Å². The number of ether oxygens (including phenoxy) is 1. The van der Waals surface area contributed by atoms with Crippen LogP contribution in [0.4, 0.5) is 5.82 Å². The number of aromatic nitrogens is 4. The number of anilines is 1. The normalized spacial score (nSPS) is 20.7. The van der Waals surface area contributed by atoms with Gasteiger partial charge >= 0.3 is 0 Å². The maximum atomic E-state index is 10.4. The van der Waals surface area contributed by atoms with Crippen molar-refractivity contribution in [1.82, 2.24) is 19.7 Å². The van der Waals surface area contributed by atoms with E-state index >= 15 is 0 Å². The first-order valence-corrected chi connectivity index (χ1v) is 7.90. The molecule has 3 heterocycles. The number of hydrogen-bond donors (Lipinski definition) is 1. The van der Waals surface area contributed by atoms with Gasteiger partial charge in [0.15, 0.2) is 5.75 Å². The Labute approximate surface area is 139 Å². The smallest absolute Gasteiger partial charge is 0.157 e. The fraction of sp³-hybridized carbons (Fsp3) is 0.353. The van der Waals surface area contributed by atoms with E-state index in [0.29, 0.717) is 18.8 Å². The molecule has 1 aliphatic heterocycles. The van der Waals surface area contributed by atoms with Gasteiger partial charge in [-0.1, -0.05) is 11.6 Å². The van der Waals surface area contributed by atoms with Crippen LogP contribution in [0.5, 0.6) is 5.75 Å². The van der Waals surface area contributed by atoms with Crippen molar-refractivity contribution in [2.75, 3.05) is 18.0 Å². The van der Waals surface area contributed by atoms with Crippen LogP contribution in [0.1, 0.15) is 5.56 Å². The summed E-state index contributed by atoms with van der Waals surface area (Å²) in [5.41, 5.74) is 2.05. The first-order chi connectivity index (χ1) is 11.6. The maximum Gasteiger partial charge on any atom is 0.157 e. The maximum absolute atomic E-state index is 10.4. The molecule has 0 radical (unpaired) electrons. The zero-order chi connectivity index (χ0) is 16.7. The third kappa shape index (κ3) is 2.67. The van der Waals surface area contributed by atoms with Gasteiger partial charge in [-0.3, -0.25) is 4.68 Å². The summed E-state index contributed by atoms with van der Waals surface area (Å²) in [5, 5.41) is 15.5. The zero-order valence-corrected chi connectivity index (χ0v) is 13.6. The highest BCUT2D eigenvalue weighted by Gasteiger charge is 2.34. The van der Waals surface area contributed by atoms with Crippen LogP contribution in [0.2, 0.25) is 0 Å². The summed E-state index contributed by atoms with van der Waals surface area (Å²) in [6.45, 7) is 3.09. The number of aryl methyl sites for hydroxylation is 2. The van der Waals surface area contributed by atoms with Crippen LogP contribution in [-0.4, -0.2) is 50.2 Å². The van der Waals surface area contributed by atoms with Gasteiger partial charge in [0.25, 0.3) is 0 Å². The number of hydrogen-bond acceptors (Lipinski definition) is 6. The molecular weight excluding hydrogens is 306 g/mol. The second-order valence-corrected chi connectivity index (χ2v) is 6.20.